The molecule has 2 nitrogen and oxygen atoms in total. The predicted octanol–water partition coefficient (Wildman–Crippen LogP) is 5.84. The molecule has 0 N–H and O–H groups in total. The summed E-state index contributed by atoms with van der Waals surface area (Å²) in [5.74, 6) is 0. The Morgan fingerprint density at radius 3 is 2.17 bits per heavy atom. The van der Waals surface area contributed by atoms with Crippen molar-refractivity contribution in [3.8, 4) is 0 Å². The molecule has 2 heteroatoms. The fourth-order valence-corrected chi connectivity index (χ4v) is 2.59. The molecule has 0 unspecified atom stereocenters. The van der Waals surface area contributed by atoms with Crippen LogP contribution in [0, 0.1) is 0 Å². The molecule has 0 spiro atoms. The van der Waals surface area contributed by atoms with Crippen LogP contribution in [0.4, 0.5) is 11.4 Å². The Kier molecular flexibility index (Phi) is 6.86. The fraction of sp³-hybridized carbons (Fsp3) is 0.381. The molecule has 122 valence electrons. The highest BCUT2D eigenvalue weighted by atomic mass is 15.1. The van der Waals surface area contributed by atoms with E-state index in [0.29, 0.717) is 0 Å². The lowest BCUT2D eigenvalue weighted by molar-refractivity contribution is 0.683. The minimum Gasteiger partial charge on any atom is -0.378 e. The quantitative estimate of drug-likeness (QED) is 0.441. The van der Waals surface area contributed by atoms with E-state index in [1.165, 1.54) is 42.6 Å². The van der Waals surface area contributed by atoms with Gasteiger partial charge in [-0.05, 0) is 42.7 Å². The van der Waals surface area contributed by atoms with E-state index in [4.69, 9.17) is 4.99 Å². The SMILES string of the molecule is CCCCCCC(=Nc1ccccc1)c1ccc(N(C)C)cc1. The molecule has 0 fully saturated rings. The fourth-order valence-electron chi connectivity index (χ4n) is 2.59. The van der Waals surface area contributed by atoms with Crippen molar-refractivity contribution in [1.82, 2.24) is 0 Å². The average molecular weight is 308 g/mol. The van der Waals surface area contributed by atoms with Crippen LogP contribution in [0.15, 0.2) is 59.6 Å². The number of para-hydroxylation sites is 1. The first-order chi connectivity index (χ1) is 11.2. The maximum Gasteiger partial charge on any atom is 0.0633 e. The molecule has 0 aromatic heterocycles. The second-order valence-electron chi connectivity index (χ2n) is 6.15. The van der Waals surface area contributed by atoms with E-state index in [9.17, 15) is 0 Å². The minimum atomic E-state index is 1.04. The van der Waals surface area contributed by atoms with Crippen molar-refractivity contribution in [2.24, 2.45) is 4.99 Å². The smallest absolute Gasteiger partial charge is 0.0633 e. The highest BCUT2D eigenvalue weighted by Gasteiger charge is 2.05. The molecule has 2 rings (SSSR count). The zero-order valence-corrected chi connectivity index (χ0v) is 14.6. The van der Waals surface area contributed by atoms with Crippen molar-refractivity contribution in [1.29, 1.82) is 0 Å². The van der Waals surface area contributed by atoms with Crippen LogP contribution in [0.3, 0.4) is 0 Å². The number of benzene rings is 2. The second kappa shape index (κ2) is 9.14. The van der Waals surface area contributed by atoms with Crippen molar-refractivity contribution in [3.05, 3.63) is 60.2 Å². The van der Waals surface area contributed by atoms with E-state index in [0.717, 1.165) is 12.1 Å². The molecule has 0 heterocycles. The Hall–Kier alpha value is -2.09. The number of anilines is 1. The van der Waals surface area contributed by atoms with Crippen LogP contribution >= 0.6 is 0 Å². The third kappa shape index (κ3) is 5.55. The van der Waals surface area contributed by atoms with Gasteiger partial charge in [-0.2, -0.15) is 0 Å². The van der Waals surface area contributed by atoms with Gasteiger partial charge in [0.1, 0.15) is 0 Å². The van der Waals surface area contributed by atoms with Gasteiger partial charge in [0.2, 0.25) is 0 Å². The number of rotatable bonds is 8. The summed E-state index contributed by atoms with van der Waals surface area (Å²) in [6, 6.07) is 19.0. The first-order valence-corrected chi connectivity index (χ1v) is 8.61. The van der Waals surface area contributed by atoms with Crippen molar-refractivity contribution in [2.75, 3.05) is 19.0 Å². The molecule has 0 aliphatic rings. The molecule has 0 atom stereocenters. The Balaban J connectivity index is 2.20. The average Bonchev–Trinajstić information content (AvgIpc) is 2.58. The van der Waals surface area contributed by atoms with Gasteiger partial charge in [-0.3, -0.25) is 4.99 Å². The molecule has 0 amide bonds. The lowest BCUT2D eigenvalue weighted by Gasteiger charge is -2.13. The van der Waals surface area contributed by atoms with E-state index in [1.54, 1.807) is 0 Å². The Labute approximate surface area is 140 Å². The molecule has 23 heavy (non-hydrogen) atoms. The van der Waals surface area contributed by atoms with Crippen LogP contribution in [0.1, 0.15) is 44.6 Å². The number of hydrogen-bond donors (Lipinski definition) is 0. The van der Waals surface area contributed by atoms with Crippen LogP contribution < -0.4 is 4.90 Å². The van der Waals surface area contributed by atoms with Gasteiger partial charge in [-0.15, -0.1) is 0 Å². The number of hydrogen-bond acceptors (Lipinski definition) is 2. The molecule has 0 radical (unpaired) electrons. The summed E-state index contributed by atoms with van der Waals surface area (Å²) >= 11 is 0. The lowest BCUT2D eigenvalue weighted by Crippen LogP contribution is -2.09. The molecule has 2 aromatic rings. The zero-order chi connectivity index (χ0) is 16.5. The summed E-state index contributed by atoms with van der Waals surface area (Å²) in [4.78, 5) is 7.03. The highest BCUT2D eigenvalue weighted by Crippen LogP contribution is 2.19. The van der Waals surface area contributed by atoms with Crippen molar-refractivity contribution in [3.63, 3.8) is 0 Å². The van der Waals surface area contributed by atoms with Gasteiger partial charge >= 0.3 is 0 Å². The first kappa shape index (κ1) is 17.3. The van der Waals surface area contributed by atoms with Crippen molar-refractivity contribution < 1.29 is 0 Å². The molecule has 0 aliphatic carbocycles. The van der Waals surface area contributed by atoms with Crippen LogP contribution in [0.25, 0.3) is 0 Å². The third-order valence-electron chi connectivity index (χ3n) is 4.00. The van der Waals surface area contributed by atoms with Crippen molar-refractivity contribution in [2.45, 2.75) is 39.0 Å². The summed E-state index contributed by atoms with van der Waals surface area (Å²) in [7, 11) is 4.14. The summed E-state index contributed by atoms with van der Waals surface area (Å²) in [6.45, 7) is 2.25. The van der Waals surface area contributed by atoms with Crippen LogP contribution in [-0.4, -0.2) is 19.8 Å². The Morgan fingerprint density at radius 2 is 1.57 bits per heavy atom. The standard InChI is InChI=1S/C21H28N2/c1-4-5-6-10-13-21(22-19-11-8-7-9-12-19)18-14-16-20(17-15-18)23(2)3/h7-9,11-12,14-17H,4-6,10,13H2,1-3H3. The topological polar surface area (TPSA) is 15.6 Å². The van der Waals surface area contributed by atoms with E-state index in [2.05, 4.69) is 62.3 Å². The van der Waals surface area contributed by atoms with Crippen LogP contribution in [0.5, 0.6) is 0 Å². The molecule has 0 saturated carbocycles. The van der Waals surface area contributed by atoms with Crippen LogP contribution in [0.2, 0.25) is 0 Å². The molecule has 0 bridgehead atoms. The number of aliphatic imine (C=N–C) groups is 1. The predicted molar refractivity (Wildman–Crippen MR) is 102 cm³/mol. The largest absolute Gasteiger partial charge is 0.378 e. The molecule has 2 aromatic carbocycles. The Bertz CT molecular complexity index is 597. The van der Waals surface area contributed by atoms with Gasteiger partial charge in [0, 0.05) is 25.5 Å². The Morgan fingerprint density at radius 1 is 0.870 bits per heavy atom. The summed E-state index contributed by atoms with van der Waals surface area (Å²) < 4.78 is 0. The normalized spacial score (nSPS) is 11.5. The van der Waals surface area contributed by atoms with Gasteiger partial charge in [0.15, 0.2) is 0 Å². The summed E-state index contributed by atoms with van der Waals surface area (Å²) in [5, 5.41) is 0. The summed E-state index contributed by atoms with van der Waals surface area (Å²) in [6.07, 6.45) is 6.09. The maximum atomic E-state index is 4.90. The van der Waals surface area contributed by atoms with Crippen molar-refractivity contribution >= 4 is 17.1 Å². The van der Waals surface area contributed by atoms with E-state index >= 15 is 0 Å². The van der Waals surface area contributed by atoms with Gasteiger partial charge in [-0.25, -0.2) is 0 Å². The minimum absolute atomic E-state index is 1.04. The maximum absolute atomic E-state index is 4.90. The molecular weight excluding hydrogens is 280 g/mol. The van der Waals surface area contributed by atoms with Gasteiger partial charge < -0.3 is 4.90 Å². The number of unbranched alkanes of at least 4 members (excludes halogenated alkanes) is 3. The monoisotopic (exact) mass is 308 g/mol. The molecular formula is C21H28N2. The van der Waals surface area contributed by atoms with E-state index in [1.807, 2.05) is 18.2 Å². The van der Waals surface area contributed by atoms with Gasteiger partial charge in [-0.1, -0.05) is 56.5 Å². The second-order valence-corrected chi connectivity index (χ2v) is 6.15. The van der Waals surface area contributed by atoms with Gasteiger partial charge in [0.25, 0.3) is 0 Å². The van der Waals surface area contributed by atoms with Gasteiger partial charge in [0.05, 0.1) is 5.69 Å². The lowest BCUT2D eigenvalue weighted by atomic mass is 10.0. The number of nitrogens with zero attached hydrogens (tertiary/aromatic N) is 2. The first-order valence-electron chi connectivity index (χ1n) is 8.61. The van der Waals surface area contributed by atoms with Crippen LogP contribution in [-0.2, 0) is 0 Å². The third-order valence-corrected chi connectivity index (χ3v) is 4.00. The molecule has 0 aliphatic heterocycles. The molecule has 0 saturated heterocycles. The van der Waals surface area contributed by atoms with E-state index < -0.39 is 0 Å². The zero-order valence-electron chi connectivity index (χ0n) is 14.6. The van der Waals surface area contributed by atoms with E-state index in [-0.39, 0.29) is 0 Å². The summed E-state index contributed by atoms with van der Waals surface area (Å²) in [5.41, 5.74) is 4.68. The highest BCUT2D eigenvalue weighted by molar-refractivity contribution is 6.02.